The molecule has 3 aromatic rings. The number of thiazole rings is 1. The topological polar surface area (TPSA) is 69.3 Å². The molecule has 2 aromatic carbocycles. The molecular formula is C17H15N5OS. The van der Waals surface area contributed by atoms with E-state index in [1.165, 1.54) is 0 Å². The lowest BCUT2D eigenvalue weighted by Crippen LogP contribution is -2.57. The summed E-state index contributed by atoms with van der Waals surface area (Å²) in [5, 5.41) is 5.38. The van der Waals surface area contributed by atoms with E-state index in [0.717, 1.165) is 20.9 Å². The van der Waals surface area contributed by atoms with Gasteiger partial charge in [-0.3, -0.25) is 10.2 Å². The molecule has 4 rings (SSSR count). The van der Waals surface area contributed by atoms with E-state index in [9.17, 15) is 4.79 Å². The standard InChI is InChI=1S/C17H15N5OS/c23-12-18-17(16-20-14-8-4-5-9-15(14)24-16)10-11-19-22(17)21-13-6-2-1-3-7-13/h1-12,19,21H,(H,18,23). The van der Waals surface area contributed by atoms with Gasteiger partial charge < -0.3 is 10.7 Å². The number of fused-ring (bicyclic) bond motifs is 1. The van der Waals surface area contributed by atoms with Crippen molar-refractivity contribution in [3.63, 3.8) is 0 Å². The van der Waals surface area contributed by atoms with Crippen molar-refractivity contribution in [1.82, 2.24) is 20.8 Å². The zero-order valence-electron chi connectivity index (χ0n) is 12.6. The zero-order chi connectivity index (χ0) is 16.4. The number of carbonyl (C=O) groups is 1. The minimum Gasteiger partial charge on any atom is -0.328 e. The van der Waals surface area contributed by atoms with Crippen LogP contribution in [0.5, 0.6) is 0 Å². The molecule has 0 saturated carbocycles. The number of rotatable bonds is 5. The van der Waals surface area contributed by atoms with E-state index in [1.54, 1.807) is 22.7 Å². The summed E-state index contributed by atoms with van der Waals surface area (Å²) < 4.78 is 1.07. The number of para-hydroxylation sites is 2. The molecule has 24 heavy (non-hydrogen) atoms. The summed E-state index contributed by atoms with van der Waals surface area (Å²) in [5.74, 6) is 0. The second kappa shape index (κ2) is 5.95. The van der Waals surface area contributed by atoms with Gasteiger partial charge in [-0.1, -0.05) is 35.4 Å². The predicted molar refractivity (Wildman–Crippen MR) is 94.7 cm³/mol. The Morgan fingerprint density at radius 1 is 1.12 bits per heavy atom. The van der Waals surface area contributed by atoms with Crippen molar-refractivity contribution in [2.24, 2.45) is 0 Å². The molecule has 2 heterocycles. The molecule has 1 atom stereocenters. The summed E-state index contributed by atoms with van der Waals surface area (Å²) in [6.45, 7) is 0. The van der Waals surface area contributed by atoms with E-state index in [1.807, 2.05) is 60.7 Å². The first-order chi connectivity index (χ1) is 11.8. The van der Waals surface area contributed by atoms with Gasteiger partial charge in [-0.05, 0) is 30.3 Å². The first-order valence-corrected chi connectivity index (χ1v) is 8.27. The second-order valence-electron chi connectivity index (χ2n) is 5.29. The monoisotopic (exact) mass is 337 g/mol. The first kappa shape index (κ1) is 14.7. The lowest BCUT2D eigenvalue weighted by molar-refractivity contribution is -0.112. The number of carbonyl (C=O) groups excluding carboxylic acids is 1. The minimum absolute atomic E-state index is 0.684. The number of hydrazine groups is 2. The minimum atomic E-state index is -0.902. The molecule has 6 nitrogen and oxygen atoms in total. The molecule has 0 spiro atoms. The zero-order valence-corrected chi connectivity index (χ0v) is 13.5. The van der Waals surface area contributed by atoms with Crippen molar-refractivity contribution < 1.29 is 4.79 Å². The van der Waals surface area contributed by atoms with Crippen LogP contribution in [0.4, 0.5) is 5.69 Å². The molecular weight excluding hydrogens is 322 g/mol. The highest BCUT2D eigenvalue weighted by atomic mass is 32.1. The van der Waals surface area contributed by atoms with Gasteiger partial charge in [0.25, 0.3) is 0 Å². The molecule has 3 N–H and O–H groups in total. The van der Waals surface area contributed by atoms with Crippen LogP contribution in [0.2, 0.25) is 0 Å². The highest BCUT2D eigenvalue weighted by molar-refractivity contribution is 7.18. The van der Waals surface area contributed by atoms with Gasteiger partial charge >= 0.3 is 0 Å². The maximum Gasteiger partial charge on any atom is 0.209 e. The SMILES string of the molecule is O=CNC1(c2nc3ccccc3s2)C=CNN1Nc1ccccc1. The van der Waals surface area contributed by atoms with E-state index >= 15 is 0 Å². The van der Waals surface area contributed by atoms with Gasteiger partial charge in [0.1, 0.15) is 5.01 Å². The molecule has 0 radical (unpaired) electrons. The molecule has 1 aliphatic rings. The van der Waals surface area contributed by atoms with Gasteiger partial charge in [0.05, 0.1) is 15.9 Å². The Balaban J connectivity index is 1.75. The van der Waals surface area contributed by atoms with Crippen molar-refractivity contribution in [2.75, 3.05) is 5.43 Å². The van der Waals surface area contributed by atoms with Crippen LogP contribution in [0.25, 0.3) is 10.2 Å². The fraction of sp³-hybridized carbons (Fsp3) is 0.0588. The van der Waals surface area contributed by atoms with Crippen molar-refractivity contribution in [1.29, 1.82) is 0 Å². The number of nitrogens with zero attached hydrogens (tertiary/aromatic N) is 2. The molecule has 120 valence electrons. The van der Waals surface area contributed by atoms with Crippen LogP contribution in [0.1, 0.15) is 5.01 Å². The summed E-state index contributed by atoms with van der Waals surface area (Å²) in [6, 6.07) is 17.6. The number of amides is 1. The molecule has 7 heteroatoms. The molecule has 1 aliphatic heterocycles. The molecule has 0 bridgehead atoms. The summed E-state index contributed by atoms with van der Waals surface area (Å²) in [6.07, 6.45) is 4.33. The Morgan fingerprint density at radius 2 is 1.92 bits per heavy atom. The molecule has 0 aliphatic carbocycles. The predicted octanol–water partition coefficient (Wildman–Crippen LogP) is 2.56. The Kier molecular flexibility index (Phi) is 3.64. The normalized spacial score (nSPS) is 20.0. The quantitative estimate of drug-likeness (QED) is 0.624. The van der Waals surface area contributed by atoms with Gasteiger partial charge in [-0.15, -0.1) is 11.3 Å². The lowest BCUT2D eigenvalue weighted by atomic mass is 10.2. The van der Waals surface area contributed by atoms with Gasteiger partial charge in [-0.25, -0.2) is 4.98 Å². The van der Waals surface area contributed by atoms with Crippen LogP contribution >= 0.6 is 11.3 Å². The Morgan fingerprint density at radius 3 is 2.71 bits per heavy atom. The van der Waals surface area contributed by atoms with E-state index in [2.05, 4.69) is 16.2 Å². The molecule has 0 fully saturated rings. The maximum absolute atomic E-state index is 11.3. The number of hydrogen-bond acceptors (Lipinski definition) is 6. The molecule has 1 amide bonds. The summed E-state index contributed by atoms with van der Waals surface area (Å²) in [7, 11) is 0. The van der Waals surface area contributed by atoms with Gasteiger partial charge in [0.2, 0.25) is 12.1 Å². The fourth-order valence-electron chi connectivity index (χ4n) is 2.64. The third-order valence-electron chi connectivity index (χ3n) is 3.79. The number of anilines is 1. The third kappa shape index (κ3) is 2.40. The van der Waals surface area contributed by atoms with Crippen molar-refractivity contribution in [3.8, 4) is 0 Å². The first-order valence-electron chi connectivity index (χ1n) is 7.45. The summed E-state index contributed by atoms with van der Waals surface area (Å²) in [4.78, 5) is 16.0. The largest absolute Gasteiger partial charge is 0.328 e. The molecule has 1 aromatic heterocycles. The van der Waals surface area contributed by atoms with Gasteiger partial charge in [-0.2, -0.15) is 0 Å². The number of aromatic nitrogens is 1. The van der Waals surface area contributed by atoms with Crippen LogP contribution in [-0.2, 0) is 10.5 Å². The van der Waals surface area contributed by atoms with Crippen LogP contribution in [0.3, 0.4) is 0 Å². The maximum atomic E-state index is 11.3. The summed E-state index contributed by atoms with van der Waals surface area (Å²) in [5.41, 5.74) is 7.28. The van der Waals surface area contributed by atoms with Crippen LogP contribution < -0.4 is 16.2 Å². The number of benzene rings is 2. The number of nitrogens with one attached hydrogen (secondary N) is 3. The number of hydrogen-bond donors (Lipinski definition) is 3. The summed E-state index contributed by atoms with van der Waals surface area (Å²) >= 11 is 1.54. The fourth-order valence-corrected chi connectivity index (χ4v) is 3.73. The average Bonchev–Trinajstić information content (AvgIpc) is 3.21. The van der Waals surface area contributed by atoms with E-state index in [4.69, 9.17) is 4.98 Å². The van der Waals surface area contributed by atoms with Gasteiger partial charge in [0, 0.05) is 6.20 Å². The smallest absolute Gasteiger partial charge is 0.209 e. The van der Waals surface area contributed by atoms with E-state index in [0.29, 0.717) is 6.41 Å². The van der Waals surface area contributed by atoms with Crippen molar-refractivity contribution in [2.45, 2.75) is 5.66 Å². The van der Waals surface area contributed by atoms with Crippen LogP contribution in [0.15, 0.2) is 66.9 Å². The van der Waals surface area contributed by atoms with Crippen LogP contribution in [-0.4, -0.2) is 16.5 Å². The molecule has 0 saturated heterocycles. The Labute approximate surface area is 142 Å². The highest BCUT2D eigenvalue weighted by Crippen LogP contribution is 2.35. The van der Waals surface area contributed by atoms with Crippen molar-refractivity contribution in [3.05, 3.63) is 71.9 Å². The Hall–Kier alpha value is -2.90. The van der Waals surface area contributed by atoms with Gasteiger partial charge in [0.15, 0.2) is 0 Å². The second-order valence-corrected chi connectivity index (χ2v) is 6.32. The Bertz CT molecular complexity index is 861. The molecule has 1 unspecified atom stereocenters. The van der Waals surface area contributed by atoms with E-state index < -0.39 is 5.66 Å². The third-order valence-corrected chi connectivity index (χ3v) is 4.96. The average molecular weight is 337 g/mol. The van der Waals surface area contributed by atoms with Crippen molar-refractivity contribution >= 4 is 33.7 Å². The lowest BCUT2D eigenvalue weighted by Gasteiger charge is -2.35. The van der Waals surface area contributed by atoms with Crippen LogP contribution in [0, 0.1) is 0 Å². The van der Waals surface area contributed by atoms with E-state index in [-0.39, 0.29) is 0 Å². The highest BCUT2D eigenvalue weighted by Gasteiger charge is 2.43.